The Labute approximate surface area is 103 Å². The number of benzene rings is 1. The van der Waals surface area contributed by atoms with Crippen molar-refractivity contribution < 1.29 is 41.1 Å². The first-order valence-corrected chi connectivity index (χ1v) is 16.6. The van der Waals surface area contributed by atoms with Crippen LogP contribution in [0.3, 0.4) is 0 Å². The molecule has 1 aromatic carbocycles. The molecule has 0 aliphatic heterocycles. The molecule has 19 heavy (non-hydrogen) atoms. The van der Waals surface area contributed by atoms with E-state index >= 15 is 0 Å². The molecule has 0 saturated carbocycles. The minimum absolute atomic E-state index is 0.335. The van der Waals surface area contributed by atoms with Gasteiger partial charge in [-0.15, -0.1) is 0 Å². The predicted octanol–water partition coefficient (Wildman–Crippen LogP) is -0.786. The third-order valence-electron chi connectivity index (χ3n) is 3.52. The fraction of sp³-hybridized carbons (Fsp3) is 0. The minimum atomic E-state index is -7.95. The van der Waals surface area contributed by atoms with Crippen LogP contribution in [0.15, 0.2) is 30.3 Å². The van der Waals surface area contributed by atoms with E-state index in [4.69, 9.17) is 0 Å². The van der Waals surface area contributed by atoms with Gasteiger partial charge in [0.2, 0.25) is 0 Å². The summed E-state index contributed by atoms with van der Waals surface area (Å²) in [6, 6.07) is 6.26. The van der Waals surface area contributed by atoms with E-state index in [1.807, 2.05) is 0 Å². The molecule has 0 radical (unpaired) electrons. The first-order valence-electron chi connectivity index (χ1n) is 4.94. The van der Waals surface area contributed by atoms with E-state index in [2.05, 4.69) is 0 Å². The van der Waals surface area contributed by atoms with Crippen LogP contribution < -0.4 is 3.95 Å². The number of hydrogen-bond donors (Lipinski definition) is 0. The zero-order chi connectivity index (χ0) is 14.7. The van der Waals surface area contributed by atoms with E-state index in [9.17, 15) is 28.8 Å². The average Bonchev–Trinajstić information content (AvgIpc) is 2.55. The van der Waals surface area contributed by atoms with Crippen molar-refractivity contribution in [3.63, 3.8) is 0 Å². The van der Waals surface area contributed by atoms with E-state index in [-0.39, 0.29) is 28.1 Å². The third kappa shape index (κ3) is 1.06. The van der Waals surface area contributed by atoms with Crippen LogP contribution in [0.25, 0.3) is 0 Å². The zero-order valence-electron chi connectivity index (χ0n) is 9.71. The van der Waals surface area contributed by atoms with E-state index < -0.39 is 16.3 Å². The molecule has 0 atom stereocenters. The van der Waals surface area contributed by atoms with Crippen molar-refractivity contribution in [2.75, 3.05) is 0 Å². The zero-order valence-corrected chi connectivity index (χ0v) is 12.6. The molecule has 101 valence electrons. The van der Waals surface area contributed by atoms with Crippen molar-refractivity contribution >= 4 is 32.0 Å². The monoisotopic (exact) mass is 435 g/mol. The van der Waals surface area contributed by atoms with Gasteiger partial charge < -0.3 is 0 Å². The molecule has 0 fully saturated rings. The maximum atomic E-state index is 11.7. The van der Waals surface area contributed by atoms with E-state index in [0.717, 1.165) is 12.1 Å². The Kier molecular flexibility index (Phi) is 2.58. The summed E-state index contributed by atoms with van der Waals surface area (Å²) in [6.45, 7) is 0. The molecule has 0 N–H and O–H groups in total. The Balaban J connectivity index is 4.49. The molecule has 0 unspecified atom stereocenters. The van der Waals surface area contributed by atoms with Crippen molar-refractivity contribution in [3.8, 4) is 0 Å². The fourth-order valence-electron chi connectivity index (χ4n) is 1.57. The molecule has 0 amide bonds. The summed E-state index contributed by atoms with van der Waals surface area (Å²) in [7, 11) is 0. The van der Waals surface area contributed by atoms with Gasteiger partial charge in [-0.2, -0.15) is 0 Å². The first-order chi connectivity index (χ1) is 8.88. The van der Waals surface area contributed by atoms with Gasteiger partial charge in [-0.3, -0.25) is 0 Å². The Morgan fingerprint density at radius 1 is 0.579 bits per heavy atom. The molecule has 7 heteroatoms. The number of hydrogen-bond acceptors (Lipinski definition) is 6. The topological polar surface area (TPSA) is 102 Å². The van der Waals surface area contributed by atoms with Gasteiger partial charge in [0.1, 0.15) is 0 Å². The summed E-state index contributed by atoms with van der Waals surface area (Å²) in [6.07, 6.45) is 0. The molecule has 0 saturated heterocycles. The third-order valence-corrected chi connectivity index (χ3v) is 24.4. The standard InChI is InChI=1S/C6H5.6CHO.W/c1-2-4-6-5-3-1;6*1-2;/h1-5H;6*1H;. The van der Waals surface area contributed by atoms with E-state index in [1.54, 1.807) is 0 Å². The van der Waals surface area contributed by atoms with Crippen molar-refractivity contribution in [3.05, 3.63) is 30.3 Å². The van der Waals surface area contributed by atoms with Gasteiger partial charge in [0.25, 0.3) is 0 Å². The van der Waals surface area contributed by atoms with Crippen LogP contribution in [-0.2, 0) is 41.1 Å². The quantitative estimate of drug-likeness (QED) is 0.521. The molecule has 0 aliphatic rings. The van der Waals surface area contributed by atoms with Crippen LogP contribution in [0.1, 0.15) is 0 Å². The Morgan fingerprint density at radius 3 is 1.16 bits per heavy atom. The van der Waals surface area contributed by atoms with Gasteiger partial charge in [-0.25, -0.2) is 0 Å². The molecular weight excluding hydrogens is 424 g/mol. The Morgan fingerprint density at radius 2 is 0.895 bits per heavy atom. The van der Waals surface area contributed by atoms with Gasteiger partial charge in [-0.1, -0.05) is 0 Å². The van der Waals surface area contributed by atoms with E-state index in [1.165, 1.54) is 18.2 Å². The molecule has 0 heterocycles. The van der Waals surface area contributed by atoms with Crippen LogP contribution in [0, 0.1) is 0 Å². The molecule has 0 aliphatic carbocycles. The molecule has 0 bridgehead atoms. The SMILES string of the molecule is O=[CH][W]([CH]=O)([CH]=O)([CH]=O)([CH]=O)([CH]=O)[c]1ccccc1. The Hall–Kier alpha value is -2.07. The maximum absolute atomic E-state index is 11.7. The molecular formula is C12H11O6W. The van der Waals surface area contributed by atoms with Gasteiger partial charge in [0.05, 0.1) is 0 Å². The molecule has 6 nitrogen and oxygen atoms in total. The van der Waals surface area contributed by atoms with Crippen LogP contribution in [0.4, 0.5) is 0 Å². The summed E-state index contributed by atoms with van der Waals surface area (Å²) < 4.78 is -2.47. The molecule has 0 spiro atoms. The van der Waals surface area contributed by atoms with Crippen molar-refractivity contribution in [2.24, 2.45) is 0 Å². The fourth-order valence-corrected chi connectivity index (χ4v) is 10.4. The summed E-state index contributed by atoms with van der Waals surface area (Å²) in [4.78, 5) is 70.1. The van der Waals surface area contributed by atoms with Crippen LogP contribution in [-0.4, -0.2) is 28.1 Å². The normalized spacial score (nSPS) is 16.5. The van der Waals surface area contributed by atoms with Crippen molar-refractivity contribution in [1.82, 2.24) is 0 Å². The molecule has 1 aromatic rings. The Bertz CT molecular complexity index is 537. The summed E-state index contributed by atoms with van der Waals surface area (Å²) in [5.41, 5.74) is 0. The van der Waals surface area contributed by atoms with Crippen LogP contribution in [0.2, 0.25) is 0 Å². The van der Waals surface area contributed by atoms with Gasteiger partial charge in [0, 0.05) is 0 Å². The van der Waals surface area contributed by atoms with Gasteiger partial charge in [-0.05, 0) is 0 Å². The number of carbonyl (C=O) groups excluding carboxylic acids is 6. The second-order valence-corrected chi connectivity index (χ2v) is 30.2. The predicted molar refractivity (Wildman–Crippen MR) is 66.6 cm³/mol. The van der Waals surface area contributed by atoms with Crippen LogP contribution >= 0.6 is 0 Å². The summed E-state index contributed by atoms with van der Waals surface area (Å²) >= 11 is -7.95. The summed E-state index contributed by atoms with van der Waals surface area (Å²) in [5, 5.41) is 0. The molecule has 1 rings (SSSR count). The van der Waals surface area contributed by atoms with E-state index in [0.29, 0.717) is 0 Å². The van der Waals surface area contributed by atoms with Gasteiger partial charge in [0.15, 0.2) is 0 Å². The van der Waals surface area contributed by atoms with Crippen LogP contribution in [0.5, 0.6) is 0 Å². The second-order valence-electron chi connectivity index (χ2n) is 4.64. The number of carbonyl (C=O) groups is 6. The first kappa shape index (κ1) is 15.0. The van der Waals surface area contributed by atoms with Crippen molar-refractivity contribution in [2.45, 2.75) is 0 Å². The summed E-state index contributed by atoms with van der Waals surface area (Å²) in [5.74, 6) is 0. The second kappa shape index (κ2) is 3.27. The average molecular weight is 435 g/mol. The van der Waals surface area contributed by atoms with Crippen molar-refractivity contribution in [1.29, 1.82) is 0 Å². The van der Waals surface area contributed by atoms with Gasteiger partial charge >= 0.3 is 103 Å². The number of rotatable bonds is 7. The molecule has 0 aromatic heterocycles.